The van der Waals surface area contributed by atoms with Crippen LogP contribution in [0, 0.1) is 0 Å². The predicted octanol–water partition coefficient (Wildman–Crippen LogP) is 7.09. The van der Waals surface area contributed by atoms with Gasteiger partial charge in [0.2, 0.25) is 0 Å². The maximum absolute atomic E-state index is 13.8. The van der Waals surface area contributed by atoms with Gasteiger partial charge in [0.25, 0.3) is 0 Å². The molecule has 0 unspecified atom stereocenters. The molecule has 0 bridgehead atoms. The van der Waals surface area contributed by atoms with Gasteiger partial charge in [0.15, 0.2) is 11.6 Å². The van der Waals surface area contributed by atoms with E-state index < -0.39 is 12.2 Å². The highest BCUT2D eigenvalue weighted by Crippen LogP contribution is 2.38. The lowest BCUT2D eigenvalue weighted by atomic mass is 9.82. The zero-order chi connectivity index (χ0) is 29.6. The first kappa shape index (κ1) is 27.9. The molecule has 2 amide bonds. The highest BCUT2D eigenvalue weighted by atomic mass is 16.6. The summed E-state index contributed by atoms with van der Waals surface area (Å²) in [6, 6.07) is 24.0. The van der Waals surface area contributed by atoms with Crippen LogP contribution in [0.15, 0.2) is 84.9 Å². The molecule has 0 aromatic heterocycles. The van der Waals surface area contributed by atoms with E-state index in [-0.39, 0.29) is 35.9 Å². The molecule has 4 aromatic carbocycles. The number of carbonyl (C=O) groups excluding carboxylic acids is 4. The number of amides is 2. The molecular weight excluding hydrogens is 536 g/mol. The Hall–Kier alpha value is -5.64. The number of hydrogen-bond donors (Lipinski definition) is 4. The number of carbonyl (C=O) groups is 4. The van der Waals surface area contributed by atoms with Crippen molar-refractivity contribution in [3.8, 4) is 0 Å². The van der Waals surface area contributed by atoms with Gasteiger partial charge < -0.3 is 20.1 Å². The van der Waals surface area contributed by atoms with E-state index in [1.165, 1.54) is 0 Å². The largest absolute Gasteiger partial charge is 0.450 e. The van der Waals surface area contributed by atoms with Crippen molar-refractivity contribution in [1.82, 2.24) is 0 Å². The standard InChI is InChI=1S/C32H28N4O6/c1-3-41-31(39)35-21-13-9-19(10-14-21)33-25-17-18-26(34-20-11-15-22(16-12-20)36-32(40)42-4-2)28-27(25)29(37)23-7-5-6-8-24(23)30(28)38/h5-18,33-34H,3-4H2,1-2H3,(H,35,39)(H,36,40). The summed E-state index contributed by atoms with van der Waals surface area (Å²) in [5.41, 5.74) is 4.47. The molecular formula is C32H28N4O6. The fraction of sp³-hybridized carbons (Fsp3) is 0.125. The molecule has 4 aromatic rings. The van der Waals surface area contributed by atoms with Gasteiger partial charge in [0.05, 0.1) is 35.7 Å². The number of hydrogen-bond acceptors (Lipinski definition) is 8. The molecule has 42 heavy (non-hydrogen) atoms. The van der Waals surface area contributed by atoms with E-state index in [1.807, 2.05) is 0 Å². The van der Waals surface area contributed by atoms with E-state index in [2.05, 4.69) is 21.3 Å². The Bertz CT molecular complexity index is 1540. The Balaban J connectivity index is 1.46. The minimum atomic E-state index is -0.553. The van der Waals surface area contributed by atoms with Crippen LogP contribution in [-0.4, -0.2) is 37.0 Å². The van der Waals surface area contributed by atoms with Crippen molar-refractivity contribution in [2.75, 3.05) is 34.5 Å². The van der Waals surface area contributed by atoms with E-state index in [0.29, 0.717) is 45.3 Å². The number of rotatable bonds is 8. The molecule has 1 aliphatic rings. The lowest BCUT2D eigenvalue weighted by molar-refractivity contribution is 0.0980. The van der Waals surface area contributed by atoms with Crippen LogP contribution in [0.4, 0.5) is 43.7 Å². The van der Waals surface area contributed by atoms with Gasteiger partial charge in [-0.2, -0.15) is 0 Å². The monoisotopic (exact) mass is 564 g/mol. The van der Waals surface area contributed by atoms with E-state index >= 15 is 0 Å². The fourth-order valence-corrected chi connectivity index (χ4v) is 4.59. The highest BCUT2D eigenvalue weighted by Gasteiger charge is 2.34. The number of benzene rings is 4. The number of ether oxygens (including phenoxy) is 2. The van der Waals surface area contributed by atoms with Gasteiger partial charge in [-0.15, -0.1) is 0 Å². The molecule has 10 heteroatoms. The Morgan fingerprint density at radius 2 is 0.905 bits per heavy atom. The smallest absolute Gasteiger partial charge is 0.411 e. The molecule has 0 spiro atoms. The van der Waals surface area contributed by atoms with Crippen molar-refractivity contribution >= 4 is 57.9 Å². The van der Waals surface area contributed by atoms with Crippen LogP contribution in [0.5, 0.6) is 0 Å². The quantitative estimate of drug-likeness (QED) is 0.157. The zero-order valence-corrected chi connectivity index (χ0v) is 22.9. The van der Waals surface area contributed by atoms with E-state index in [4.69, 9.17) is 9.47 Å². The molecule has 0 saturated heterocycles. The summed E-state index contributed by atoms with van der Waals surface area (Å²) in [7, 11) is 0. The first-order valence-corrected chi connectivity index (χ1v) is 13.3. The van der Waals surface area contributed by atoms with E-state index in [1.54, 1.807) is 98.8 Å². The van der Waals surface area contributed by atoms with Gasteiger partial charge >= 0.3 is 12.2 Å². The average Bonchev–Trinajstić information content (AvgIpc) is 2.99. The second-order valence-electron chi connectivity index (χ2n) is 9.21. The maximum atomic E-state index is 13.8. The van der Waals surface area contributed by atoms with Crippen molar-refractivity contribution in [2.24, 2.45) is 0 Å². The second-order valence-corrected chi connectivity index (χ2v) is 9.21. The van der Waals surface area contributed by atoms with Crippen LogP contribution in [0.3, 0.4) is 0 Å². The normalized spacial score (nSPS) is 11.6. The predicted molar refractivity (Wildman–Crippen MR) is 160 cm³/mol. The zero-order valence-electron chi connectivity index (χ0n) is 22.9. The van der Waals surface area contributed by atoms with E-state index in [9.17, 15) is 19.2 Å². The maximum Gasteiger partial charge on any atom is 0.411 e. The van der Waals surface area contributed by atoms with Gasteiger partial charge in [0, 0.05) is 33.9 Å². The molecule has 10 nitrogen and oxygen atoms in total. The lowest BCUT2D eigenvalue weighted by Gasteiger charge is -2.24. The van der Waals surface area contributed by atoms with Crippen molar-refractivity contribution in [3.63, 3.8) is 0 Å². The summed E-state index contributed by atoms with van der Waals surface area (Å²) >= 11 is 0. The molecule has 0 aliphatic heterocycles. The van der Waals surface area contributed by atoms with Crippen LogP contribution in [0.1, 0.15) is 45.7 Å². The van der Waals surface area contributed by atoms with Crippen molar-refractivity contribution in [1.29, 1.82) is 0 Å². The minimum absolute atomic E-state index is 0.248. The van der Waals surface area contributed by atoms with Crippen LogP contribution in [0.2, 0.25) is 0 Å². The Kier molecular flexibility index (Phi) is 8.14. The molecule has 0 radical (unpaired) electrons. The lowest BCUT2D eigenvalue weighted by Crippen LogP contribution is -2.23. The second kappa shape index (κ2) is 12.3. The summed E-state index contributed by atoms with van der Waals surface area (Å²) in [4.78, 5) is 51.0. The third-order valence-electron chi connectivity index (χ3n) is 6.45. The van der Waals surface area contributed by atoms with Crippen LogP contribution in [-0.2, 0) is 9.47 Å². The number of fused-ring (bicyclic) bond motifs is 2. The Morgan fingerprint density at radius 1 is 0.548 bits per heavy atom. The Morgan fingerprint density at radius 3 is 1.26 bits per heavy atom. The van der Waals surface area contributed by atoms with Gasteiger partial charge in [-0.05, 0) is 74.5 Å². The van der Waals surface area contributed by atoms with Gasteiger partial charge in [-0.3, -0.25) is 20.2 Å². The minimum Gasteiger partial charge on any atom is -0.450 e. The summed E-state index contributed by atoms with van der Waals surface area (Å²) in [6.07, 6.45) is -1.11. The van der Waals surface area contributed by atoms with Crippen LogP contribution >= 0.6 is 0 Å². The van der Waals surface area contributed by atoms with Gasteiger partial charge in [-0.1, -0.05) is 24.3 Å². The van der Waals surface area contributed by atoms with Crippen LogP contribution in [0.25, 0.3) is 0 Å². The molecule has 0 atom stereocenters. The van der Waals surface area contributed by atoms with Gasteiger partial charge in [-0.25, -0.2) is 9.59 Å². The summed E-state index contributed by atoms with van der Waals surface area (Å²) in [5, 5.41) is 11.8. The van der Waals surface area contributed by atoms with Crippen LogP contribution < -0.4 is 21.3 Å². The number of nitrogens with one attached hydrogen (secondary N) is 4. The van der Waals surface area contributed by atoms with Gasteiger partial charge in [0.1, 0.15) is 0 Å². The molecule has 0 fully saturated rings. The molecule has 0 saturated carbocycles. The third-order valence-corrected chi connectivity index (χ3v) is 6.45. The first-order chi connectivity index (χ1) is 20.4. The summed E-state index contributed by atoms with van der Waals surface area (Å²) in [6.45, 7) is 3.96. The van der Waals surface area contributed by atoms with Crippen molar-refractivity contribution in [2.45, 2.75) is 13.8 Å². The molecule has 0 heterocycles. The topological polar surface area (TPSA) is 135 Å². The summed E-state index contributed by atoms with van der Waals surface area (Å²) in [5.74, 6) is -0.554. The SMILES string of the molecule is CCOC(=O)Nc1ccc(Nc2ccc(Nc3ccc(NC(=O)OCC)cc3)c3c2C(=O)c2ccccc2C3=O)cc1. The number of ketones is 2. The first-order valence-electron chi connectivity index (χ1n) is 13.3. The highest BCUT2D eigenvalue weighted by molar-refractivity contribution is 6.32. The molecule has 1 aliphatic carbocycles. The van der Waals surface area contributed by atoms with E-state index in [0.717, 1.165) is 0 Å². The fourth-order valence-electron chi connectivity index (χ4n) is 4.59. The number of anilines is 6. The Labute approximate surface area is 242 Å². The molecule has 4 N–H and O–H groups in total. The van der Waals surface area contributed by atoms with Crippen molar-refractivity contribution < 1.29 is 28.7 Å². The molecule has 5 rings (SSSR count). The molecule has 212 valence electrons. The van der Waals surface area contributed by atoms with Crippen molar-refractivity contribution in [3.05, 3.63) is 107 Å². The summed E-state index contributed by atoms with van der Waals surface area (Å²) < 4.78 is 9.81. The third kappa shape index (κ3) is 5.92. The average molecular weight is 565 g/mol.